The van der Waals surface area contributed by atoms with Crippen LogP contribution in [-0.2, 0) is 6.54 Å². The van der Waals surface area contributed by atoms with Gasteiger partial charge in [-0.15, -0.1) is 0 Å². The van der Waals surface area contributed by atoms with E-state index < -0.39 is 12.1 Å². The number of nitrogens with one attached hydrogen (secondary N) is 2. The third-order valence-electron chi connectivity index (χ3n) is 8.81. The number of amides is 3. The number of fused-ring (bicyclic) bond motifs is 2. The van der Waals surface area contributed by atoms with Crippen molar-refractivity contribution in [3.63, 3.8) is 0 Å². The molecule has 3 N–H and O–H groups in total. The van der Waals surface area contributed by atoms with Gasteiger partial charge in [0.25, 0.3) is 5.91 Å². The van der Waals surface area contributed by atoms with Gasteiger partial charge in [-0.2, -0.15) is 0 Å². The molecule has 0 saturated heterocycles. The molecule has 1 aliphatic heterocycles. The van der Waals surface area contributed by atoms with Crippen molar-refractivity contribution in [1.82, 2.24) is 9.80 Å². The summed E-state index contributed by atoms with van der Waals surface area (Å²) in [4.78, 5) is 30.9. The second-order valence-corrected chi connectivity index (χ2v) is 12.7. The minimum Gasteiger partial charge on any atom is -0.488 e. The first kappa shape index (κ1) is 33.5. The van der Waals surface area contributed by atoms with E-state index in [0.717, 1.165) is 27.8 Å². The van der Waals surface area contributed by atoms with E-state index in [1.165, 1.54) is 0 Å². The molecule has 1 heterocycles. The number of aliphatic hydroxyl groups excluding tert-OH is 1. The Bertz CT molecular complexity index is 1890. The number of carbonyl (C=O) groups is 2. The zero-order chi connectivity index (χ0) is 34.3. The highest BCUT2D eigenvalue weighted by Gasteiger charge is 2.33. The van der Waals surface area contributed by atoms with Gasteiger partial charge >= 0.3 is 6.03 Å². The molecule has 49 heavy (non-hydrogen) atoms. The van der Waals surface area contributed by atoms with Crippen LogP contribution in [0.3, 0.4) is 0 Å². The molecule has 1 aliphatic rings. The molecule has 0 saturated carbocycles. The third-order valence-corrected chi connectivity index (χ3v) is 8.81. The van der Waals surface area contributed by atoms with Crippen LogP contribution < -0.4 is 20.1 Å². The predicted molar refractivity (Wildman–Crippen MR) is 193 cm³/mol. The molecule has 3 atom stereocenters. The van der Waals surface area contributed by atoms with Gasteiger partial charge in [-0.05, 0) is 73.5 Å². The Labute approximate surface area is 287 Å². The number of ether oxygens (including phenoxy) is 2. The Kier molecular flexibility index (Phi) is 10.4. The Balaban J connectivity index is 1.17. The largest absolute Gasteiger partial charge is 0.488 e. The van der Waals surface area contributed by atoms with Gasteiger partial charge in [0.15, 0.2) is 0 Å². The van der Waals surface area contributed by atoms with Crippen molar-refractivity contribution >= 4 is 34.1 Å². The molecule has 0 aromatic heterocycles. The van der Waals surface area contributed by atoms with Crippen molar-refractivity contribution in [2.75, 3.05) is 37.4 Å². The lowest BCUT2D eigenvalue weighted by Crippen LogP contribution is -2.49. The number of benzene rings is 5. The summed E-state index contributed by atoms with van der Waals surface area (Å²) in [5, 5.41) is 17.8. The summed E-state index contributed by atoms with van der Waals surface area (Å²) in [6.45, 7) is 5.43. The van der Waals surface area contributed by atoms with Gasteiger partial charge in [-0.1, -0.05) is 73.7 Å². The zero-order valence-electron chi connectivity index (χ0n) is 28.0. The van der Waals surface area contributed by atoms with Crippen LogP contribution in [0.2, 0.25) is 0 Å². The molecule has 0 radical (unpaired) electrons. The van der Waals surface area contributed by atoms with E-state index in [-0.39, 0.29) is 24.5 Å². The fourth-order valence-corrected chi connectivity index (χ4v) is 6.11. The van der Waals surface area contributed by atoms with E-state index >= 15 is 0 Å². The van der Waals surface area contributed by atoms with E-state index in [9.17, 15) is 14.7 Å². The van der Waals surface area contributed by atoms with Crippen LogP contribution in [-0.4, -0.2) is 65.7 Å². The Hall–Kier alpha value is -5.38. The quantitative estimate of drug-likeness (QED) is 0.143. The molecule has 9 nitrogen and oxygen atoms in total. The van der Waals surface area contributed by atoms with E-state index in [0.29, 0.717) is 42.3 Å². The van der Waals surface area contributed by atoms with Crippen molar-refractivity contribution < 1.29 is 24.2 Å². The molecule has 0 spiro atoms. The number of aliphatic hydroxyl groups is 1. The summed E-state index contributed by atoms with van der Waals surface area (Å²) >= 11 is 0. The molecule has 0 aliphatic carbocycles. The van der Waals surface area contributed by atoms with Crippen molar-refractivity contribution in [3.05, 3.63) is 126 Å². The maximum Gasteiger partial charge on any atom is 0.323 e. The molecule has 0 bridgehead atoms. The van der Waals surface area contributed by atoms with Crippen LogP contribution in [0.5, 0.6) is 17.2 Å². The number of anilines is 2. The van der Waals surface area contributed by atoms with E-state index in [4.69, 9.17) is 9.47 Å². The maximum absolute atomic E-state index is 13.9. The Morgan fingerprint density at radius 1 is 0.939 bits per heavy atom. The summed E-state index contributed by atoms with van der Waals surface area (Å²) in [6, 6.07) is 35.6. The molecule has 9 heteroatoms. The number of likely N-dealkylation sites (N-methyl/N-ethyl adjacent to an activating group) is 1. The fraction of sp³-hybridized carbons (Fsp3) is 0.250. The molecule has 6 rings (SSSR count). The summed E-state index contributed by atoms with van der Waals surface area (Å²) < 4.78 is 12.5. The van der Waals surface area contributed by atoms with E-state index in [2.05, 4.69) is 34.6 Å². The van der Waals surface area contributed by atoms with Gasteiger partial charge in [-0.25, -0.2) is 4.79 Å². The molecule has 3 amide bonds. The van der Waals surface area contributed by atoms with Crippen LogP contribution in [0.25, 0.3) is 10.8 Å². The number of carbonyl (C=O) groups excluding carboxylic acids is 2. The molecular formula is C40H42N4O5. The lowest BCUT2D eigenvalue weighted by molar-refractivity contribution is 0.0341. The number of para-hydroxylation sites is 1. The normalized spacial score (nSPS) is 16.7. The van der Waals surface area contributed by atoms with Crippen molar-refractivity contribution in [3.8, 4) is 17.2 Å². The highest BCUT2D eigenvalue weighted by Crippen LogP contribution is 2.31. The Morgan fingerprint density at radius 3 is 2.43 bits per heavy atom. The van der Waals surface area contributed by atoms with Crippen molar-refractivity contribution in [1.29, 1.82) is 0 Å². The first-order valence-electron chi connectivity index (χ1n) is 16.6. The van der Waals surface area contributed by atoms with Gasteiger partial charge in [0.2, 0.25) is 0 Å². The number of nitrogens with zero attached hydrogens (tertiary/aromatic N) is 2. The Morgan fingerprint density at radius 2 is 1.65 bits per heavy atom. The molecule has 5 aromatic carbocycles. The molecule has 252 valence electrons. The highest BCUT2D eigenvalue weighted by atomic mass is 16.5. The lowest BCUT2D eigenvalue weighted by Gasteiger charge is -2.38. The number of hydrogen-bond acceptors (Lipinski definition) is 6. The first-order valence-corrected chi connectivity index (χ1v) is 16.6. The van der Waals surface area contributed by atoms with Gasteiger partial charge in [-0.3, -0.25) is 9.69 Å². The maximum atomic E-state index is 13.9. The summed E-state index contributed by atoms with van der Waals surface area (Å²) in [6.07, 6.45) is -0.251. The standard InChI is InChI=1S/C40H42N4O5/c1-27-23-44(28(2)26-45)39(46)35-22-31(41-40(47)42-36-15-9-11-30-10-7-8-14-34(30)36)18-21-37(35)49-38(27)25-43(3)24-29-16-19-33(20-17-29)48-32-12-5-4-6-13-32/h4-22,27-28,38,45H,23-26H2,1-3H3,(H2,41,42,47)/t27-,28+,38-/m0/s1. The number of hydrogen-bond donors (Lipinski definition) is 3. The number of rotatable bonds is 10. The van der Waals surface area contributed by atoms with Crippen LogP contribution in [0, 0.1) is 5.92 Å². The van der Waals surface area contributed by atoms with Crippen molar-refractivity contribution in [2.45, 2.75) is 32.5 Å². The van der Waals surface area contributed by atoms with Crippen LogP contribution in [0.4, 0.5) is 16.2 Å². The fourth-order valence-electron chi connectivity index (χ4n) is 6.11. The second-order valence-electron chi connectivity index (χ2n) is 12.7. The monoisotopic (exact) mass is 658 g/mol. The van der Waals surface area contributed by atoms with Crippen LogP contribution in [0.1, 0.15) is 29.8 Å². The molecule has 0 fully saturated rings. The van der Waals surface area contributed by atoms with Gasteiger partial charge in [0.1, 0.15) is 23.4 Å². The third kappa shape index (κ3) is 8.20. The summed E-state index contributed by atoms with van der Waals surface area (Å²) in [5.74, 6) is 1.71. The average Bonchev–Trinajstić information content (AvgIpc) is 3.11. The summed E-state index contributed by atoms with van der Waals surface area (Å²) in [5.41, 5.74) is 2.59. The average molecular weight is 659 g/mol. The molecular weight excluding hydrogens is 616 g/mol. The smallest absolute Gasteiger partial charge is 0.323 e. The second kappa shape index (κ2) is 15.2. The van der Waals surface area contributed by atoms with Crippen LogP contribution >= 0.6 is 0 Å². The van der Waals surface area contributed by atoms with Crippen LogP contribution in [0.15, 0.2) is 115 Å². The van der Waals surface area contributed by atoms with Gasteiger partial charge in [0.05, 0.1) is 23.9 Å². The SMILES string of the molecule is C[C@H](CO)N1C[C@H](C)[C@H](CN(C)Cc2ccc(Oc3ccccc3)cc2)Oc2ccc(NC(=O)Nc3cccc4ccccc34)cc2C1=O. The topological polar surface area (TPSA) is 103 Å². The minimum absolute atomic E-state index is 0.0283. The first-order chi connectivity index (χ1) is 23.8. The molecule has 5 aromatic rings. The predicted octanol–water partition coefficient (Wildman–Crippen LogP) is 7.63. The highest BCUT2D eigenvalue weighted by molar-refractivity contribution is 6.07. The molecule has 0 unspecified atom stereocenters. The van der Waals surface area contributed by atoms with E-state index in [1.807, 2.05) is 98.9 Å². The number of urea groups is 1. The summed E-state index contributed by atoms with van der Waals surface area (Å²) in [7, 11) is 2.05. The van der Waals surface area contributed by atoms with Gasteiger partial charge < -0.3 is 30.1 Å². The minimum atomic E-state index is -0.427. The zero-order valence-corrected chi connectivity index (χ0v) is 28.0. The lowest BCUT2D eigenvalue weighted by atomic mass is 9.99. The van der Waals surface area contributed by atoms with Crippen molar-refractivity contribution in [2.24, 2.45) is 5.92 Å². The van der Waals surface area contributed by atoms with Gasteiger partial charge in [0, 0.05) is 36.6 Å². The van der Waals surface area contributed by atoms with E-state index in [1.54, 1.807) is 23.1 Å².